The zero-order valence-electron chi connectivity index (χ0n) is 15.6. The van der Waals surface area contributed by atoms with E-state index in [-0.39, 0.29) is 30.3 Å². The second-order valence-electron chi connectivity index (χ2n) is 7.21. The monoisotopic (exact) mass is 404 g/mol. The number of carbonyl (C=O) groups is 1. The fourth-order valence-corrected chi connectivity index (χ4v) is 3.47. The molecule has 0 atom stereocenters. The number of ketones is 1. The Kier molecular flexibility index (Phi) is 7.69. The van der Waals surface area contributed by atoms with Crippen molar-refractivity contribution in [1.82, 2.24) is 4.90 Å². The van der Waals surface area contributed by atoms with Crippen LogP contribution in [-0.4, -0.2) is 45.9 Å². The Bertz CT molecular complexity index is 788. The van der Waals surface area contributed by atoms with Gasteiger partial charge in [0.05, 0.1) is 10.5 Å². The predicted octanol–water partition coefficient (Wildman–Crippen LogP) is 3.66. The molecule has 0 aliphatic carbocycles. The van der Waals surface area contributed by atoms with E-state index in [1.54, 1.807) is 24.3 Å². The molecule has 2 aromatic rings. The number of piperidine rings is 1. The van der Waals surface area contributed by atoms with Crippen molar-refractivity contribution in [1.29, 1.82) is 0 Å². The van der Waals surface area contributed by atoms with Crippen LogP contribution in [0.4, 0.5) is 5.69 Å². The van der Waals surface area contributed by atoms with Gasteiger partial charge in [-0.15, -0.1) is 12.4 Å². The molecule has 0 unspecified atom stereocenters. The smallest absolute Gasteiger partial charge is 0.269 e. The molecule has 1 aliphatic rings. The zero-order valence-corrected chi connectivity index (χ0v) is 16.4. The number of nitrogens with zero attached hydrogens (tertiary/aromatic N) is 2. The minimum Gasteiger partial charge on any atom is -0.389 e. The highest BCUT2D eigenvalue weighted by Crippen LogP contribution is 2.27. The summed E-state index contributed by atoms with van der Waals surface area (Å²) in [5, 5.41) is 21.5. The maximum absolute atomic E-state index is 12.4. The molecule has 150 valence electrons. The van der Waals surface area contributed by atoms with Crippen LogP contribution in [0.2, 0.25) is 0 Å². The lowest BCUT2D eigenvalue weighted by Crippen LogP contribution is -2.46. The van der Waals surface area contributed by atoms with Gasteiger partial charge in [0.1, 0.15) is 0 Å². The largest absolute Gasteiger partial charge is 0.389 e. The van der Waals surface area contributed by atoms with E-state index in [1.807, 2.05) is 18.2 Å². The molecule has 1 fully saturated rings. The van der Waals surface area contributed by atoms with E-state index in [2.05, 4.69) is 4.90 Å². The number of Topliss-reactive ketones (excluding diaryl/α,β-unsaturated/α-hetero) is 1. The predicted molar refractivity (Wildman–Crippen MR) is 110 cm³/mol. The van der Waals surface area contributed by atoms with Crippen LogP contribution in [0.25, 0.3) is 0 Å². The first-order valence-electron chi connectivity index (χ1n) is 9.21. The summed E-state index contributed by atoms with van der Waals surface area (Å²) in [5.74, 6) is -0.0163. The van der Waals surface area contributed by atoms with Crippen LogP contribution in [0, 0.1) is 10.1 Å². The lowest BCUT2D eigenvalue weighted by atomic mass is 9.85. The lowest BCUT2D eigenvalue weighted by Gasteiger charge is -2.38. The molecule has 0 amide bonds. The van der Waals surface area contributed by atoms with Gasteiger partial charge in [-0.3, -0.25) is 14.9 Å². The first kappa shape index (κ1) is 22.0. The molecule has 0 aromatic heterocycles. The van der Waals surface area contributed by atoms with Crippen LogP contribution >= 0.6 is 12.4 Å². The summed E-state index contributed by atoms with van der Waals surface area (Å²) in [5.41, 5.74) is 0.869. The Hall–Kier alpha value is -2.28. The Morgan fingerprint density at radius 2 is 1.68 bits per heavy atom. The number of hydrogen-bond donors (Lipinski definition) is 1. The van der Waals surface area contributed by atoms with E-state index in [4.69, 9.17) is 0 Å². The van der Waals surface area contributed by atoms with Gasteiger partial charge in [0.25, 0.3) is 5.69 Å². The summed E-state index contributed by atoms with van der Waals surface area (Å²) in [6.07, 6.45) is 2.12. The molecule has 6 nitrogen and oxygen atoms in total. The topological polar surface area (TPSA) is 83.7 Å². The van der Waals surface area contributed by atoms with E-state index in [1.165, 1.54) is 12.1 Å². The van der Waals surface area contributed by atoms with Gasteiger partial charge in [-0.05, 0) is 24.8 Å². The third-order valence-corrected chi connectivity index (χ3v) is 5.24. The number of nitro groups is 1. The Labute approximate surface area is 170 Å². The highest BCUT2D eigenvalue weighted by molar-refractivity contribution is 5.96. The third kappa shape index (κ3) is 5.86. The van der Waals surface area contributed by atoms with E-state index in [0.29, 0.717) is 18.4 Å². The molecular formula is C21H25ClN2O4. The van der Waals surface area contributed by atoms with Gasteiger partial charge in [-0.1, -0.05) is 42.5 Å². The van der Waals surface area contributed by atoms with Crippen LogP contribution in [0.3, 0.4) is 0 Å². The molecule has 0 spiro atoms. The van der Waals surface area contributed by atoms with Gasteiger partial charge in [0.15, 0.2) is 5.78 Å². The van der Waals surface area contributed by atoms with Crippen LogP contribution in [0.1, 0.15) is 35.2 Å². The van der Waals surface area contributed by atoms with Crippen molar-refractivity contribution in [3.8, 4) is 0 Å². The van der Waals surface area contributed by atoms with Gasteiger partial charge in [0, 0.05) is 43.8 Å². The van der Waals surface area contributed by atoms with Crippen molar-refractivity contribution >= 4 is 23.9 Å². The number of rotatable bonds is 7. The molecule has 28 heavy (non-hydrogen) atoms. The molecule has 1 N–H and O–H groups in total. The van der Waals surface area contributed by atoms with E-state index >= 15 is 0 Å². The van der Waals surface area contributed by atoms with Crippen LogP contribution in [-0.2, 0) is 6.42 Å². The van der Waals surface area contributed by atoms with Crippen molar-refractivity contribution in [2.24, 2.45) is 0 Å². The van der Waals surface area contributed by atoms with Crippen molar-refractivity contribution in [2.75, 3.05) is 19.6 Å². The normalized spacial score (nSPS) is 16.2. The van der Waals surface area contributed by atoms with E-state index in [0.717, 1.165) is 31.6 Å². The number of aliphatic hydroxyl groups is 1. The van der Waals surface area contributed by atoms with Crippen molar-refractivity contribution in [2.45, 2.75) is 31.3 Å². The van der Waals surface area contributed by atoms with Crippen LogP contribution in [0.5, 0.6) is 0 Å². The number of carbonyl (C=O) groups excluding carboxylic acids is 1. The summed E-state index contributed by atoms with van der Waals surface area (Å²) < 4.78 is 0. The second kappa shape index (κ2) is 9.78. The second-order valence-corrected chi connectivity index (χ2v) is 7.21. The quantitative estimate of drug-likeness (QED) is 0.432. The van der Waals surface area contributed by atoms with Gasteiger partial charge in [0.2, 0.25) is 0 Å². The standard InChI is InChI=1S/C21H24N2O4.ClH/c24-20(18-4-2-1-3-5-18)16-21(25)11-14-22(15-12-21)13-10-17-6-8-19(9-7-17)23(26)27;/h1-9,25H,10-16H2;1H. The van der Waals surface area contributed by atoms with Crippen LogP contribution < -0.4 is 0 Å². The zero-order chi connectivity index (χ0) is 19.3. The van der Waals surface area contributed by atoms with Gasteiger partial charge >= 0.3 is 0 Å². The number of non-ortho nitro benzene ring substituents is 1. The minimum absolute atomic E-state index is 0. The summed E-state index contributed by atoms with van der Waals surface area (Å²) in [7, 11) is 0. The summed E-state index contributed by atoms with van der Waals surface area (Å²) in [6, 6.07) is 15.7. The molecule has 0 bridgehead atoms. The maximum Gasteiger partial charge on any atom is 0.269 e. The SMILES string of the molecule is Cl.O=C(CC1(O)CCN(CCc2ccc([N+](=O)[O-])cc2)CC1)c1ccccc1. The minimum atomic E-state index is -0.934. The highest BCUT2D eigenvalue weighted by Gasteiger charge is 2.34. The molecule has 3 rings (SSSR count). The van der Waals surface area contributed by atoms with E-state index in [9.17, 15) is 20.0 Å². The molecule has 0 saturated carbocycles. The van der Waals surface area contributed by atoms with Crippen molar-refractivity contribution in [3.63, 3.8) is 0 Å². The number of likely N-dealkylation sites (tertiary alicyclic amines) is 1. The molecule has 1 heterocycles. The van der Waals surface area contributed by atoms with Gasteiger partial charge < -0.3 is 10.0 Å². The van der Waals surface area contributed by atoms with Gasteiger partial charge in [-0.2, -0.15) is 0 Å². The maximum atomic E-state index is 12.4. The Morgan fingerprint density at radius 3 is 2.25 bits per heavy atom. The Balaban J connectivity index is 0.00000280. The molecule has 7 heteroatoms. The molecular weight excluding hydrogens is 380 g/mol. The van der Waals surface area contributed by atoms with Gasteiger partial charge in [-0.25, -0.2) is 0 Å². The lowest BCUT2D eigenvalue weighted by molar-refractivity contribution is -0.384. The number of halogens is 1. The first-order chi connectivity index (χ1) is 13.0. The third-order valence-electron chi connectivity index (χ3n) is 5.24. The van der Waals surface area contributed by atoms with E-state index < -0.39 is 10.5 Å². The Morgan fingerprint density at radius 1 is 1.07 bits per heavy atom. The average Bonchev–Trinajstić information content (AvgIpc) is 2.68. The molecule has 1 saturated heterocycles. The number of hydrogen-bond acceptors (Lipinski definition) is 5. The molecule has 2 aromatic carbocycles. The first-order valence-corrected chi connectivity index (χ1v) is 9.21. The van der Waals surface area contributed by atoms with Crippen LogP contribution in [0.15, 0.2) is 54.6 Å². The fraction of sp³-hybridized carbons (Fsp3) is 0.381. The summed E-state index contributed by atoms with van der Waals surface area (Å²) in [4.78, 5) is 24.9. The molecule has 1 aliphatic heterocycles. The summed E-state index contributed by atoms with van der Waals surface area (Å²) >= 11 is 0. The average molecular weight is 405 g/mol. The van der Waals surface area contributed by atoms with Crippen molar-refractivity contribution in [3.05, 3.63) is 75.8 Å². The summed E-state index contributed by atoms with van der Waals surface area (Å²) in [6.45, 7) is 2.32. The van der Waals surface area contributed by atoms with Crippen molar-refractivity contribution < 1.29 is 14.8 Å². The number of nitro benzene ring substituents is 1. The number of benzene rings is 2. The fourth-order valence-electron chi connectivity index (χ4n) is 3.47. The highest BCUT2D eigenvalue weighted by atomic mass is 35.5. The molecule has 0 radical (unpaired) electrons.